The van der Waals surface area contributed by atoms with Gasteiger partial charge in [0.15, 0.2) is 5.78 Å². The van der Waals surface area contributed by atoms with Gasteiger partial charge in [-0.2, -0.15) is 0 Å². The zero-order chi connectivity index (χ0) is 26.5. The number of ether oxygens (including phenoxy) is 4. The van der Waals surface area contributed by atoms with E-state index in [2.05, 4.69) is 19.9 Å². The van der Waals surface area contributed by atoms with Crippen LogP contribution < -0.4 is 0 Å². The summed E-state index contributed by atoms with van der Waals surface area (Å²) >= 11 is 0. The van der Waals surface area contributed by atoms with Crippen LogP contribution in [-0.4, -0.2) is 65.7 Å². The summed E-state index contributed by atoms with van der Waals surface area (Å²) in [6, 6.07) is 0. The molecular weight excluding hydrogens is 460 g/mol. The van der Waals surface area contributed by atoms with Crippen molar-refractivity contribution in [2.24, 2.45) is 11.8 Å². The van der Waals surface area contributed by atoms with Crippen LogP contribution in [0, 0.1) is 11.8 Å². The Kier molecular flexibility index (Phi) is 10.1. The van der Waals surface area contributed by atoms with Gasteiger partial charge in [0.2, 0.25) is 0 Å². The molecule has 1 unspecified atom stereocenters. The van der Waals surface area contributed by atoms with Crippen molar-refractivity contribution in [2.45, 2.75) is 116 Å². The van der Waals surface area contributed by atoms with Gasteiger partial charge in [0.1, 0.15) is 23.9 Å². The van der Waals surface area contributed by atoms with Crippen LogP contribution in [0.5, 0.6) is 0 Å². The second-order valence-corrected chi connectivity index (χ2v) is 10.9. The molecule has 7 heteroatoms. The molecule has 0 aromatic carbocycles. The fourth-order valence-electron chi connectivity index (χ4n) is 5.29. The van der Waals surface area contributed by atoms with Gasteiger partial charge in [-0.3, -0.25) is 9.59 Å². The highest BCUT2D eigenvalue weighted by molar-refractivity contribution is 5.89. The Morgan fingerprint density at radius 1 is 1.19 bits per heavy atom. The third kappa shape index (κ3) is 7.85. The average Bonchev–Trinajstić information content (AvgIpc) is 3.59. The molecule has 3 saturated heterocycles. The fourth-order valence-corrected chi connectivity index (χ4v) is 5.29. The maximum atomic E-state index is 12.4. The van der Waals surface area contributed by atoms with Crippen LogP contribution in [0.4, 0.5) is 0 Å². The minimum Gasteiger partial charge on any atom is -0.459 e. The lowest BCUT2D eigenvalue weighted by Gasteiger charge is -2.38. The van der Waals surface area contributed by atoms with Gasteiger partial charge in [0, 0.05) is 19.8 Å². The number of epoxide rings is 1. The Morgan fingerprint density at radius 2 is 1.92 bits per heavy atom. The summed E-state index contributed by atoms with van der Waals surface area (Å²) in [6.45, 7) is 12.1. The topological polar surface area (TPSA) is 94.6 Å². The summed E-state index contributed by atoms with van der Waals surface area (Å²) in [5.74, 6) is 0.157. The number of allylic oxidation sites excluding steroid dienone is 3. The average molecular weight is 505 g/mol. The molecule has 0 aliphatic carbocycles. The summed E-state index contributed by atoms with van der Waals surface area (Å²) in [5.41, 5.74) is 0.685. The second-order valence-electron chi connectivity index (χ2n) is 10.9. The normalized spacial score (nSPS) is 38.0. The predicted molar refractivity (Wildman–Crippen MR) is 137 cm³/mol. The van der Waals surface area contributed by atoms with E-state index >= 15 is 0 Å². The Morgan fingerprint density at radius 3 is 2.56 bits per heavy atom. The summed E-state index contributed by atoms with van der Waals surface area (Å²) in [5, 5.41) is 10.7. The van der Waals surface area contributed by atoms with E-state index in [9.17, 15) is 14.7 Å². The van der Waals surface area contributed by atoms with E-state index in [0.717, 1.165) is 31.3 Å². The standard InChI is InChI=1S/C29H44O7/c1-7-25-16-29(17-33-29)28(32)27(36-25)13-9-18(2)8-12-26-19(3)14-23(21(5)35-26)15-24(31)11-10-20(4)34-22(6)30/h8-11,13,19-21,23,25-28,32H,7,12,14-17H2,1-6H3/b11-10-,13-9+,18-8+/t19-,20-,21+,23-,25+,26-,27?,28+,29+/m0/s1. The molecule has 3 aliphatic rings. The first-order valence-electron chi connectivity index (χ1n) is 13.4. The highest BCUT2D eigenvalue weighted by Crippen LogP contribution is 2.43. The van der Waals surface area contributed by atoms with E-state index in [4.69, 9.17) is 18.9 Å². The summed E-state index contributed by atoms with van der Waals surface area (Å²) in [4.78, 5) is 23.4. The molecule has 0 radical (unpaired) electrons. The lowest BCUT2D eigenvalue weighted by atomic mass is 9.81. The van der Waals surface area contributed by atoms with Crippen LogP contribution in [0.1, 0.15) is 73.6 Å². The van der Waals surface area contributed by atoms with Crippen molar-refractivity contribution in [3.8, 4) is 0 Å². The zero-order valence-corrected chi connectivity index (χ0v) is 22.6. The molecule has 0 amide bonds. The number of esters is 1. The smallest absolute Gasteiger partial charge is 0.303 e. The quantitative estimate of drug-likeness (QED) is 0.203. The van der Waals surface area contributed by atoms with Crippen LogP contribution in [-0.2, 0) is 28.5 Å². The molecular formula is C29H44O7. The Hall–Kier alpha value is -1.80. The molecule has 3 fully saturated rings. The van der Waals surface area contributed by atoms with Crippen molar-refractivity contribution in [2.75, 3.05) is 6.61 Å². The van der Waals surface area contributed by atoms with Crippen LogP contribution in [0.25, 0.3) is 0 Å². The van der Waals surface area contributed by atoms with E-state index in [1.54, 1.807) is 13.0 Å². The van der Waals surface area contributed by atoms with E-state index < -0.39 is 17.8 Å². The number of carbonyl (C=O) groups is 2. The largest absolute Gasteiger partial charge is 0.459 e. The van der Waals surface area contributed by atoms with Crippen molar-refractivity contribution in [1.82, 2.24) is 0 Å². The molecule has 0 aromatic rings. The van der Waals surface area contributed by atoms with Gasteiger partial charge in [0.05, 0.1) is 24.9 Å². The zero-order valence-electron chi connectivity index (χ0n) is 22.6. The molecule has 3 heterocycles. The molecule has 9 atom stereocenters. The van der Waals surface area contributed by atoms with Crippen molar-refractivity contribution in [3.05, 3.63) is 36.0 Å². The Labute approximate surface area is 215 Å². The van der Waals surface area contributed by atoms with Crippen molar-refractivity contribution >= 4 is 11.8 Å². The van der Waals surface area contributed by atoms with Crippen LogP contribution >= 0.6 is 0 Å². The highest BCUT2D eigenvalue weighted by atomic mass is 16.6. The number of hydrogen-bond donors (Lipinski definition) is 1. The van der Waals surface area contributed by atoms with Gasteiger partial charge >= 0.3 is 5.97 Å². The minimum absolute atomic E-state index is 0.00909. The lowest BCUT2D eigenvalue weighted by Crippen LogP contribution is -2.49. The van der Waals surface area contributed by atoms with Crippen molar-refractivity contribution in [3.63, 3.8) is 0 Å². The van der Waals surface area contributed by atoms with Crippen molar-refractivity contribution < 1.29 is 33.6 Å². The maximum absolute atomic E-state index is 12.4. The fraction of sp³-hybridized carbons (Fsp3) is 0.724. The van der Waals surface area contributed by atoms with E-state index in [-0.39, 0.29) is 42.1 Å². The van der Waals surface area contributed by atoms with Gasteiger partial charge in [-0.15, -0.1) is 0 Å². The molecule has 3 rings (SSSR count). The highest BCUT2D eigenvalue weighted by Gasteiger charge is 2.57. The number of ketones is 1. The van der Waals surface area contributed by atoms with E-state index in [1.165, 1.54) is 13.0 Å². The van der Waals surface area contributed by atoms with Gasteiger partial charge < -0.3 is 24.1 Å². The molecule has 7 nitrogen and oxygen atoms in total. The first-order valence-corrected chi connectivity index (χ1v) is 13.4. The van der Waals surface area contributed by atoms with Crippen LogP contribution in [0.15, 0.2) is 36.0 Å². The molecule has 0 aromatic heterocycles. The Balaban J connectivity index is 1.48. The van der Waals surface area contributed by atoms with Gasteiger partial charge in [-0.05, 0) is 64.0 Å². The first kappa shape index (κ1) is 28.8. The van der Waals surface area contributed by atoms with Gasteiger partial charge in [-0.1, -0.05) is 37.6 Å². The lowest BCUT2D eigenvalue weighted by molar-refractivity contribution is -0.143. The number of hydrogen-bond acceptors (Lipinski definition) is 7. The van der Waals surface area contributed by atoms with E-state index in [0.29, 0.717) is 18.9 Å². The van der Waals surface area contributed by atoms with Gasteiger partial charge in [0.25, 0.3) is 0 Å². The molecule has 0 saturated carbocycles. The molecule has 0 bridgehead atoms. The first-order chi connectivity index (χ1) is 17.0. The Bertz CT molecular complexity index is 856. The predicted octanol–water partition coefficient (Wildman–Crippen LogP) is 4.47. The number of aliphatic hydroxyl groups is 1. The second kappa shape index (κ2) is 12.6. The number of aliphatic hydroxyl groups excluding tert-OH is 1. The number of carbonyl (C=O) groups excluding carboxylic acids is 2. The van der Waals surface area contributed by atoms with E-state index in [1.807, 2.05) is 26.0 Å². The molecule has 1 spiro atoms. The SMILES string of the molecule is CC[C@@H]1C[C@@]2(CO2)[C@H](O)C(/C=C/C(C)=C/C[C@@H]2O[C@H](C)[C@H](CC(=O)/C=C\[C@H](C)OC(C)=O)C[C@@H]2C)O1. The maximum Gasteiger partial charge on any atom is 0.303 e. The molecule has 1 N–H and O–H groups in total. The van der Waals surface area contributed by atoms with Crippen LogP contribution in [0.3, 0.4) is 0 Å². The van der Waals surface area contributed by atoms with Crippen molar-refractivity contribution in [1.29, 1.82) is 0 Å². The third-order valence-electron chi connectivity index (χ3n) is 7.70. The number of rotatable bonds is 10. The molecule has 202 valence electrons. The third-order valence-corrected chi connectivity index (χ3v) is 7.70. The molecule has 36 heavy (non-hydrogen) atoms. The van der Waals surface area contributed by atoms with Gasteiger partial charge in [-0.25, -0.2) is 0 Å². The summed E-state index contributed by atoms with van der Waals surface area (Å²) in [6.07, 6.45) is 11.9. The van der Waals surface area contributed by atoms with Crippen LogP contribution in [0.2, 0.25) is 0 Å². The minimum atomic E-state index is -0.633. The summed E-state index contributed by atoms with van der Waals surface area (Å²) < 4.78 is 23.0. The summed E-state index contributed by atoms with van der Waals surface area (Å²) in [7, 11) is 0. The monoisotopic (exact) mass is 504 g/mol. The molecule has 3 aliphatic heterocycles.